The molecule has 106 valence electrons. The standard InChI is InChI=1S/C16H20N2O2/c1-11-15(12(2)20-18-11)10-19-16-6-4-3-5-13(16)9-17-14-7-8-14/h3-6,14,17H,7-10H2,1-2H3. The van der Waals surface area contributed by atoms with Crippen LogP contribution in [-0.2, 0) is 13.2 Å². The Morgan fingerprint density at radius 2 is 2.10 bits per heavy atom. The lowest BCUT2D eigenvalue weighted by Crippen LogP contribution is -2.16. The molecule has 1 fully saturated rings. The van der Waals surface area contributed by atoms with Gasteiger partial charge in [-0.1, -0.05) is 23.4 Å². The number of rotatable bonds is 6. The average molecular weight is 272 g/mol. The molecule has 1 N–H and O–H groups in total. The van der Waals surface area contributed by atoms with Gasteiger partial charge in [-0.3, -0.25) is 0 Å². The summed E-state index contributed by atoms with van der Waals surface area (Å²) < 4.78 is 11.1. The van der Waals surface area contributed by atoms with Gasteiger partial charge < -0.3 is 14.6 Å². The van der Waals surface area contributed by atoms with E-state index < -0.39 is 0 Å². The number of ether oxygens (including phenoxy) is 1. The van der Waals surface area contributed by atoms with Crippen LogP contribution >= 0.6 is 0 Å². The van der Waals surface area contributed by atoms with Crippen LogP contribution in [-0.4, -0.2) is 11.2 Å². The molecule has 4 nitrogen and oxygen atoms in total. The van der Waals surface area contributed by atoms with Crippen LogP contribution < -0.4 is 10.1 Å². The van der Waals surface area contributed by atoms with Gasteiger partial charge in [-0.15, -0.1) is 0 Å². The second kappa shape index (κ2) is 5.67. The molecule has 3 rings (SSSR count). The third-order valence-corrected chi connectivity index (χ3v) is 3.68. The van der Waals surface area contributed by atoms with Crippen molar-refractivity contribution in [2.24, 2.45) is 0 Å². The van der Waals surface area contributed by atoms with Gasteiger partial charge in [0.15, 0.2) is 0 Å². The summed E-state index contributed by atoms with van der Waals surface area (Å²) in [6.07, 6.45) is 2.59. The van der Waals surface area contributed by atoms with Crippen LogP contribution in [0.5, 0.6) is 5.75 Å². The first-order valence-electron chi connectivity index (χ1n) is 7.10. The first-order valence-corrected chi connectivity index (χ1v) is 7.10. The minimum absolute atomic E-state index is 0.502. The first kappa shape index (κ1) is 13.2. The maximum atomic E-state index is 5.96. The highest BCUT2D eigenvalue weighted by Crippen LogP contribution is 2.24. The van der Waals surface area contributed by atoms with Gasteiger partial charge >= 0.3 is 0 Å². The highest BCUT2D eigenvalue weighted by atomic mass is 16.5. The molecule has 1 saturated carbocycles. The fourth-order valence-electron chi connectivity index (χ4n) is 2.19. The number of hydrogen-bond acceptors (Lipinski definition) is 4. The number of para-hydroxylation sites is 1. The highest BCUT2D eigenvalue weighted by molar-refractivity contribution is 5.34. The summed E-state index contributed by atoms with van der Waals surface area (Å²) in [6, 6.07) is 8.88. The van der Waals surface area contributed by atoms with E-state index in [1.54, 1.807) is 0 Å². The predicted molar refractivity (Wildman–Crippen MR) is 76.6 cm³/mol. The molecule has 20 heavy (non-hydrogen) atoms. The van der Waals surface area contributed by atoms with Crippen LogP contribution in [0.1, 0.15) is 35.4 Å². The number of nitrogens with one attached hydrogen (secondary N) is 1. The van der Waals surface area contributed by atoms with Crippen LogP contribution in [0.3, 0.4) is 0 Å². The fourth-order valence-corrected chi connectivity index (χ4v) is 2.19. The topological polar surface area (TPSA) is 47.3 Å². The van der Waals surface area contributed by atoms with E-state index in [4.69, 9.17) is 9.26 Å². The summed E-state index contributed by atoms with van der Waals surface area (Å²) in [5.74, 6) is 1.76. The number of aromatic nitrogens is 1. The quantitative estimate of drug-likeness (QED) is 0.877. The van der Waals surface area contributed by atoms with E-state index in [-0.39, 0.29) is 0 Å². The smallest absolute Gasteiger partial charge is 0.140 e. The van der Waals surface area contributed by atoms with Gasteiger partial charge in [0.05, 0.1) is 11.3 Å². The Labute approximate surface area is 119 Å². The SMILES string of the molecule is Cc1noc(C)c1COc1ccccc1CNC1CC1. The van der Waals surface area contributed by atoms with Crippen molar-refractivity contribution in [3.63, 3.8) is 0 Å². The summed E-state index contributed by atoms with van der Waals surface area (Å²) >= 11 is 0. The lowest BCUT2D eigenvalue weighted by atomic mass is 10.2. The van der Waals surface area contributed by atoms with Gasteiger partial charge in [-0.2, -0.15) is 0 Å². The van der Waals surface area contributed by atoms with E-state index >= 15 is 0 Å². The molecular formula is C16H20N2O2. The lowest BCUT2D eigenvalue weighted by molar-refractivity contribution is 0.298. The van der Waals surface area contributed by atoms with E-state index in [1.165, 1.54) is 18.4 Å². The van der Waals surface area contributed by atoms with Crippen molar-refractivity contribution >= 4 is 0 Å². The Morgan fingerprint density at radius 3 is 2.80 bits per heavy atom. The number of hydrogen-bond donors (Lipinski definition) is 1. The minimum Gasteiger partial charge on any atom is -0.488 e. The van der Waals surface area contributed by atoms with Gasteiger partial charge in [-0.05, 0) is 32.8 Å². The van der Waals surface area contributed by atoms with Gasteiger partial charge in [0.2, 0.25) is 0 Å². The zero-order chi connectivity index (χ0) is 13.9. The molecule has 0 aliphatic heterocycles. The van der Waals surface area contributed by atoms with Gasteiger partial charge in [0.25, 0.3) is 0 Å². The molecule has 2 aromatic rings. The monoisotopic (exact) mass is 272 g/mol. The van der Waals surface area contributed by atoms with Crippen molar-refractivity contribution in [3.8, 4) is 5.75 Å². The molecule has 0 spiro atoms. The van der Waals surface area contributed by atoms with Gasteiger partial charge in [0, 0.05) is 18.2 Å². The van der Waals surface area contributed by atoms with Gasteiger partial charge in [0.1, 0.15) is 18.1 Å². The summed E-state index contributed by atoms with van der Waals surface area (Å²) in [6.45, 7) is 5.22. The molecule has 0 amide bonds. The normalized spacial score (nSPS) is 14.5. The van der Waals surface area contributed by atoms with E-state index in [9.17, 15) is 0 Å². The summed E-state index contributed by atoms with van der Waals surface area (Å²) in [7, 11) is 0. The van der Waals surface area contributed by atoms with Crippen molar-refractivity contribution in [2.45, 2.75) is 45.9 Å². The Kier molecular flexibility index (Phi) is 3.74. The van der Waals surface area contributed by atoms with Crippen LogP contribution in [0, 0.1) is 13.8 Å². The second-order valence-corrected chi connectivity index (χ2v) is 5.35. The molecule has 0 atom stereocenters. The molecule has 0 unspecified atom stereocenters. The van der Waals surface area contributed by atoms with Crippen molar-refractivity contribution in [1.82, 2.24) is 10.5 Å². The third kappa shape index (κ3) is 3.02. The molecule has 4 heteroatoms. The Hall–Kier alpha value is -1.81. The van der Waals surface area contributed by atoms with Crippen molar-refractivity contribution in [1.29, 1.82) is 0 Å². The molecular weight excluding hydrogens is 252 g/mol. The lowest BCUT2D eigenvalue weighted by Gasteiger charge is -2.11. The Morgan fingerprint density at radius 1 is 1.30 bits per heavy atom. The third-order valence-electron chi connectivity index (χ3n) is 3.68. The zero-order valence-corrected chi connectivity index (χ0v) is 12.0. The molecule has 0 bridgehead atoms. The minimum atomic E-state index is 0.502. The predicted octanol–water partition coefficient (Wildman–Crippen LogP) is 3.12. The van der Waals surface area contributed by atoms with Crippen LogP contribution in [0.15, 0.2) is 28.8 Å². The maximum Gasteiger partial charge on any atom is 0.140 e. The molecule has 0 saturated heterocycles. The molecule has 1 heterocycles. The van der Waals surface area contributed by atoms with Crippen LogP contribution in [0.25, 0.3) is 0 Å². The average Bonchev–Trinajstić information content (AvgIpc) is 3.23. The van der Waals surface area contributed by atoms with Crippen LogP contribution in [0.4, 0.5) is 0 Å². The molecule has 1 aromatic heterocycles. The first-order chi connectivity index (χ1) is 9.74. The van der Waals surface area contributed by atoms with E-state index in [0.29, 0.717) is 12.6 Å². The van der Waals surface area contributed by atoms with Crippen molar-refractivity contribution < 1.29 is 9.26 Å². The summed E-state index contributed by atoms with van der Waals surface area (Å²) in [4.78, 5) is 0. The second-order valence-electron chi connectivity index (χ2n) is 5.35. The number of nitrogens with zero attached hydrogens (tertiary/aromatic N) is 1. The van der Waals surface area contributed by atoms with Crippen molar-refractivity contribution in [3.05, 3.63) is 46.8 Å². The largest absolute Gasteiger partial charge is 0.488 e. The van der Waals surface area contributed by atoms with Gasteiger partial charge in [-0.25, -0.2) is 0 Å². The van der Waals surface area contributed by atoms with E-state index in [2.05, 4.69) is 16.5 Å². The molecule has 1 aromatic carbocycles. The van der Waals surface area contributed by atoms with Crippen LogP contribution in [0.2, 0.25) is 0 Å². The summed E-state index contributed by atoms with van der Waals surface area (Å²) in [5, 5.41) is 7.47. The Balaban J connectivity index is 1.67. The highest BCUT2D eigenvalue weighted by Gasteiger charge is 2.20. The number of benzene rings is 1. The fraction of sp³-hybridized carbons (Fsp3) is 0.438. The molecule has 1 aliphatic carbocycles. The molecule has 1 aliphatic rings. The number of aryl methyl sites for hydroxylation is 2. The maximum absolute atomic E-state index is 5.96. The van der Waals surface area contributed by atoms with Crippen molar-refractivity contribution in [2.75, 3.05) is 0 Å². The van der Waals surface area contributed by atoms with E-state index in [0.717, 1.165) is 29.3 Å². The molecule has 0 radical (unpaired) electrons. The Bertz CT molecular complexity index is 568. The summed E-state index contributed by atoms with van der Waals surface area (Å²) in [5.41, 5.74) is 3.14. The zero-order valence-electron chi connectivity index (χ0n) is 12.0. The van der Waals surface area contributed by atoms with E-state index in [1.807, 2.05) is 32.0 Å².